The van der Waals surface area contributed by atoms with E-state index in [2.05, 4.69) is 10.2 Å². The molecule has 3 fully saturated rings. The first kappa shape index (κ1) is 13.8. The van der Waals surface area contributed by atoms with Gasteiger partial charge in [0.2, 0.25) is 5.91 Å². The van der Waals surface area contributed by atoms with Gasteiger partial charge in [-0.05, 0) is 50.2 Å². The molecule has 20 heavy (non-hydrogen) atoms. The molecule has 4 heterocycles. The maximum atomic E-state index is 11.9. The zero-order valence-corrected chi connectivity index (χ0v) is 12.5. The molecular weight excluding hydrogens is 272 g/mol. The molecule has 1 aromatic heterocycles. The van der Waals surface area contributed by atoms with Crippen LogP contribution in [0.4, 0.5) is 0 Å². The zero-order chi connectivity index (χ0) is 13.9. The topological polar surface area (TPSA) is 45.5 Å². The van der Waals surface area contributed by atoms with Crippen LogP contribution in [-0.4, -0.2) is 36.5 Å². The maximum Gasteiger partial charge on any atom is 0.244 e. The number of rotatable bonds is 4. The molecule has 0 aliphatic carbocycles. The first-order valence-electron chi connectivity index (χ1n) is 7.12. The number of nitrogens with one attached hydrogen (secondary N) is 1. The molecule has 2 bridgehead atoms. The third kappa shape index (κ3) is 3.10. The van der Waals surface area contributed by atoms with Gasteiger partial charge in [-0.1, -0.05) is 11.8 Å². The van der Waals surface area contributed by atoms with Crippen LogP contribution in [0.25, 0.3) is 0 Å². The van der Waals surface area contributed by atoms with Gasteiger partial charge < -0.3 is 14.6 Å². The van der Waals surface area contributed by atoms with Crippen LogP contribution in [0.2, 0.25) is 0 Å². The second kappa shape index (κ2) is 6.06. The van der Waals surface area contributed by atoms with Crippen molar-refractivity contribution in [1.29, 1.82) is 0 Å². The summed E-state index contributed by atoms with van der Waals surface area (Å²) in [6.45, 7) is 5.33. The highest BCUT2D eigenvalue weighted by atomic mass is 32.2. The molecule has 0 aromatic carbocycles. The van der Waals surface area contributed by atoms with Crippen molar-refractivity contribution in [3.05, 3.63) is 29.6 Å². The molecule has 4 nitrogen and oxygen atoms in total. The average molecular weight is 292 g/mol. The Kier molecular flexibility index (Phi) is 4.17. The number of piperidine rings is 3. The standard InChI is InChI=1S/C15H20N2O2S/c1-11-14(4-8-19-11)20-9-5-15(18)16-13-10-17-6-2-12(13)3-7-17/h4-5,8-9,12-13H,2-3,6-7,10H2,1H3,(H,16,18)/b9-5-/t13-/m0/s1. The third-order valence-corrected chi connectivity index (χ3v) is 5.16. The number of nitrogens with zero attached hydrogens (tertiary/aromatic N) is 1. The molecule has 0 saturated carbocycles. The lowest BCUT2D eigenvalue weighted by atomic mass is 9.84. The molecule has 3 aliphatic rings. The summed E-state index contributed by atoms with van der Waals surface area (Å²) in [7, 11) is 0. The van der Waals surface area contributed by atoms with Gasteiger partial charge in [0.25, 0.3) is 0 Å². The minimum absolute atomic E-state index is 0.0115. The van der Waals surface area contributed by atoms with E-state index in [0.29, 0.717) is 12.0 Å². The molecule has 3 aliphatic heterocycles. The highest BCUT2D eigenvalue weighted by molar-refractivity contribution is 8.02. The SMILES string of the molecule is Cc1occc1S/C=C\C(=O)N[C@H]1CN2CCC1CC2. The van der Waals surface area contributed by atoms with E-state index >= 15 is 0 Å². The fourth-order valence-corrected chi connectivity index (χ4v) is 3.71. The fraction of sp³-hybridized carbons (Fsp3) is 0.533. The fourth-order valence-electron chi connectivity index (χ4n) is 3.02. The first-order valence-corrected chi connectivity index (χ1v) is 8.00. The van der Waals surface area contributed by atoms with Crippen molar-refractivity contribution in [1.82, 2.24) is 10.2 Å². The molecule has 1 N–H and O–H groups in total. The van der Waals surface area contributed by atoms with Crippen molar-refractivity contribution in [3.63, 3.8) is 0 Å². The van der Waals surface area contributed by atoms with Gasteiger partial charge in [-0.3, -0.25) is 4.79 Å². The van der Waals surface area contributed by atoms with Crippen LogP contribution in [0.15, 0.2) is 33.1 Å². The summed E-state index contributed by atoms with van der Waals surface area (Å²) < 4.78 is 5.22. The minimum Gasteiger partial charge on any atom is -0.468 e. The number of hydrogen-bond acceptors (Lipinski definition) is 4. The van der Waals surface area contributed by atoms with E-state index in [1.807, 2.05) is 18.4 Å². The van der Waals surface area contributed by atoms with Gasteiger partial charge in [0.1, 0.15) is 5.76 Å². The predicted octanol–water partition coefficient (Wildman–Crippen LogP) is 2.40. The van der Waals surface area contributed by atoms with Crippen molar-refractivity contribution in [2.45, 2.75) is 30.7 Å². The highest BCUT2D eigenvalue weighted by Gasteiger charge is 2.34. The number of carbonyl (C=O) groups is 1. The Bertz CT molecular complexity index is 504. The van der Waals surface area contributed by atoms with Crippen LogP contribution in [0, 0.1) is 12.8 Å². The summed E-state index contributed by atoms with van der Waals surface area (Å²) in [5.74, 6) is 1.57. The van der Waals surface area contributed by atoms with Gasteiger partial charge in [0.15, 0.2) is 0 Å². The molecule has 5 heteroatoms. The molecule has 1 atom stereocenters. The van der Waals surface area contributed by atoms with Gasteiger partial charge in [0, 0.05) is 18.7 Å². The Morgan fingerprint density at radius 2 is 2.30 bits per heavy atom. The number of thioether (sulfide) groups is 1. The van der Waals surface area contributed by atoms with Crippen molar-refractivity contribution in [2.24, 2.45) is 5.92 Å². The molecule has 1 aromatic rings. The van der Waals surface area contributed by atoms with Gasteiger partial charge in [-0.15, -0.1) is 0 Å². The third-order valence-electron chi connectivity index (χ3n) is 4.21. The number of fused-ring (bicyclic) bond motifs is 3. The summed E-state index contributed by atoms with van der Waals surface area (Å²) in [5.41, 5.74) is 0. The van der Waals surface area contributed by atoms with Gasteiger partial charge in [-0.25, -0.2) is 0 Å². The van der Waals surface area contributed by atoms with E-state index in [-0.39, 0.29) is 5.91 Å². The summed E-state index contributed by atoms with van der Waals surface area (Å²) >= 11 is 1.51. The van der Waals surface area contributed by atoms with E-state index in [1.54, 1.807) is 12.3 Å². The van der Waals surface area contributed by atoms with E-state index in [4.69, 9.17) is 4.42 Å². The van der Waals surface area contributed by atoms with Crippen LogP contribution in [0.5, 0.6) is 0 Å². The summed E-state index contributed by atoms with van der Waals surface area (Å²) in [4.78, 5) is 15.4. The lowest BCUT2D eigenvalue weighted by molar-refractivity contribution is -0.118. The Morgan fingerprint density at radius 3 is 2.90 bits per heavy atom. The number of carbonyl (C=O) groups excluding carboxylic acids is 1. The Labute approximate surface area is 123 Å². The average Bonchev–Trinajstić information content (AvgIpc) is 2.86. The Hall–Kier alpha value is -1.20. The smallest absolute Gasteiger partial charge is 0.244 e. The van der Waals surface area contributed by atoms with Crippen LogP contribution in [-0.2, 0) is 4.79 Å². The maximum absolute atomic E-state index is 11.9. The van der Waals surface area contributed by atoms with Crippen molar-refractivity contribution in [3.8, 4) is 0 Å². The zero-order valence-electron chi connectivity index (χ0n) is 11.7. The second-order valence-electron chi connectivity index (χ2n) is 5.51. The summed E-state index contributed by atoms with van der Waals surface area (Å²) in [5, 5.41) is 4.97. The molecule has 0 unspecified atom stereocenters. The van der Waals surface area contributed by atoms with Crippen LogP contribution < -0.4 is 5.32 Å². The number of amides is 1. The lowest BCUT2D eigenvalue weighted by Gasteiger charge is -2.44. The van der Waals surface area contributed by atoms with E-state index in [1.165, 1.54) is 37.7 Å². The molecule has 1 amide bonds. The quantitative estimate of drug-likeness (QED) is 0.684. The van der Waals surface area contributed by atoms with E-state index < -0.39 is 0 Å². The second-order valence-corrected chi connectivity index (χ2v) is 6.46. The van der Waals surface area contributed by atoms with Crippen molar-refractivity contribution >= 4 is 17.7 Å². The van der Waals surface area contributed by atoms with E-state index in [0.717, 1.165) is 17.2 Å². The number of aryl methyl sites for hydroxylation is 1. The highest BCUT2D eigenvalue weighted by Crippen LogP contribution is 2.27. The lowest BCUT2D eigenvalue weighted by Crippen LogP contribution is -2.57. The molecule has 0 radical (unpaired) electrons. The van der Waals surface area contributed by atoms with Gasteiger partial charge in [0.05, 0.1) is 11.2 Å². The van der Waals surface area contributed by atoms with Crippen LogP contribution >= 0.6 is 11.8 Å². The number of hydrogen-bond donors (Lipinski definition) is 1. The van der Waals surface area contributed by atoms with Gasteiger partial charge in [-0.2, -0.15) is 0 Å². The largest absolute Gasteiger partial charge is 0.468 e. The Morgan fingerprint density at radius 1 is 1.50 bits per heavy atom. The van der Waals surface area contributed by atoms with Crippen LogP contribution in [0.3, 0.4) is 0 Å². The molecule has 3 saturated heterocycles. The monoisotopic (exact) mass is 292 g/mol. The molecule has 108 valence electrons. The summed E-state index contributed by atoms with van der Waals surface area (Å²) in [6.07, 6.45) is 5.72. The number of furan rings is 1. The molecule has 4 rings (SSSR count). The predicted molar refractivity (Wildman–Crippen MR) is 79.5 cm³/mol. The first-order chi connectivity index (χ1) is 9.72. The molecular formula is C15H20N2O2S. The summed E-state index contributed by atoms with van der Waals surface area (Å²) in [6, 6.07) is 2.24. The normalized spacial score (nSPS) is 28.9. The molecule has 0 spiro atoms. The van der Waals surface area contributed by atoms with Crippen molar-refractivity contribution < 1.29 is 9.21 Å². The van der Waals surface area contributed by atoms with Gasteiger partial charge >= 0.3 is 0 Å². The van der Waals surface area contributed by atoms with Crippen LogP contribution in [0.1, 0.15) is 18.6 Å². The van der Waals surface area contributed by atoms with E-state index in [9.17, 15) is 4.79 Å². The Balaban J connectivity index is 1.49. The van der Waals surface area contributed by atoms with Crippen molar-refractivity contribution in [2.75, 3.05) is 19.6 Å². The minimum atomic E-state index is 0.0115.